The summed E-state index contributed by atoms with van der Waals surface area (Å²) < 4.78 is 0. The Hall–Kier alpha value is -0.280. The number of nitrogens with one attached hydrogen (secondary N) is 1. The number of likely N-dealkylation sites (N-methyl/N-ethyl adjacent to an activating group) is 1. The molecule has 0 radical (unpaired) electrons. The summed E-state index contributed by atoms with van der Waals surface area (Å²) in [5.74, 6) is 0.407. The van der Waals surface area contributed by atoms with Crippen LogP contribution in [0.15, 0.2) is 0 Å². The number of hydrogen-bond donors (Lipinski definition) is 1. The first-order valence-corrected chi connectivity index (χ1v) is 7.05. The molecule has 4 heteroatoms. The van der Waals surface area contributed by atoms with Crippen LogP contribution in [0.2, 0.25) is 0 Å². The standard InChI is InChI=1S/C13H25ClN2O/c1-13(2,10-14)12(17)15-8-9-16(3)11-6-4-5-7-11/h11H,4-10H2,1-3H3,(H,15,17). The monoisotopic (exact) mass is 260 g/mol. The predicted molar refractivity (Wildman–Crippen MR) is 72.4 cm³/mol. The van der Waals surface area contributed by atoms with E-state index in [9.17, 15) is 4.79 Å². The molecule has 0 unspecified atom stereocenters. The summed E-state index contributed by atoms with van der Waals surface area (Å²) in [4.78, 5) is 14.1. The van der Waals surface area contributed by atoms with E-state index in [1.165, 1.54) is 25.7 Å². The molecular weight excluding hydrogens is 236 g/mol. The van der Waals surface area contributed by atoms with E-state index in [1.54, 1.807) is 0 Å². The SMILES string of the molecule is CN(CCNC(=O)C(C)(C)CCl)C1CCCC1. The highest BCUT2D eigenvalue weighted by molar-refractivity contribution is 6.19. The zero-order valence-electron chi connectivity index (χ0n) is 11.3. The smallest absolute Gasteiger partial charge is 0.226 e. The molecule has 1 saturated carbocycles. The zero-order chi connectivity index (χ0) is 12.9. The summed E-state index contributed by atoms with van der Waals surface area (Å²) in [6.07, 6.45) is 5.30. The zero-order valence-corrected chi connectivity index (χ0v) is 12.0. The molecular formula is C13H25ClN2O. The predicted octanol–water partition coefficient (Wildman–Crippen LogP) is 2.24. The largest absolute Gasteiger partial charge is 0.354 e. The Balaban J connectivity index is 2.21. The summed E-state index contributed by atoms with van der Waals surface area (Å²) in [5, 5.41) is 2.96. The first-order valence-electron chi connectivity index (χ1n) is 6.52. The van der Waals surface area contributed by atoms with Crippen LogP contribution in [0.3, 0.4) is 0 Å². The molecule has 0 aromatic heterocycles. The van der Waals surface area contributed by atoms with Crippen molar-refractivity contribution in [3.05, 3.63) is 0 Å². The topological polar surface area (TPSA) is 32.3 Å². The maximum atomic E-state index is 11.8. The van der Waals surface area contributed by atoms with Crippen molar-refractivity contribution in [2.75, 3.05) is 26.0 Å². The molecule has 1 N–H and O–H groups in total. The summed E-state index contributed by atoms with van der Waals surface area (Å²) in [7, 11) is 2.15. The van der Waals surface area contributed by atoms with Crippen LogP contribution in [0, 0.1) is 5.41 Å². The lowest BCUT2D eigenvalue weighted by molar-refractivity contribution is -0.128. The molecule has 1 fully saturated rings. The number of nitrogens with zero attached hydrogens (tertiary/aromatic N) is 1. The third-order valence-electron chi connectivity index (χ3n) is 3.65. The van der Waals surface area contributed by atoms with E-state index >= 15 is 0 Å². The van der Waals surface area contributed by atoms with Crippen molar-refractivity contribution in [1.29, 1.82) is 0 Å². The summed E-state index contributed by atoms with van der Waals surface area (Å²) in [6, 6.07) is 0.716. The molecule has 0 saturated heterocycles. The second-order valence-electron chi connectivity index (χ2n) is 5.69. The highest BCUT2D eigenvalue weighted by Crippen LogP contribution is 2.22. The van der Waals surface area contributed by atoms with E-state index in [0.717, 1.165) is 6.54 Å². The van der Waals surface area contributed by atoms with Crippen molar-refractivity contribution in [2.24, 2.45) is 5.41 Å². The van der Waals surface area contributed by atoms with Gasteiger partial charge in [0.1, 0.15) is 0 Å². The average Bonchev–Trinajstić information content (AvgIpc) is 2.82. The molecule has 3 nitrogen and oxygen atoms in total. The minimum atomic E-state index is -0.465. The lowest BCUT2D eigenvalue weighted by Crippen LogP contribution is -2.42. The highest BCUT2D eigenvalue weighted by Gasteiger charge is 2.26. The number of rotatable bonds is 6. The maximum absolute atomic E-state index is 11.8. The van der Waals surface area contributed by atoms with Crippen LogP contribution in [0.4, 0.5) is 0 Å². The van der Waals surface area contributed by atoms with Gasteiger partial charge in [0, 0.05) is 25.0 Å². The van der Waals surface area contributed by atoms with Gasteiger partial charge < -0.3 is 10.2 Å². The van der Waals surface area contributed by atoms with Crippen molar-refractivity contribution >= 4 is 17.5 Å². The van der Waals surface area contributed by atoms with Gasteiger partial charge in [-0.3, -0.25) is 4.79 Å². The first kappa shape index (κ1) is 14.8. The van der Waals surface area contributed by atoms with Gasteiger partial charge in [0.25, 0.3) is 0 Å². The van der Waals surface area contributed by atoms with E-state index in [-0.39, 0.29) is 5.91 Å². The Morgan fingerprint density at radius 3 is 2.53 bits per heavy atom. The van der Waals surface area contributed by atoms with Gasteiger partial charge in [-0.2, -0.15) is 0 Å². The van der Waals surface area contributed by atoms with Crippen LogP contribution in [0.1, 0.15) is 39.5 Å². The lowest BCUT2D eigenvalue weighted by Gasteiger charge is -2.25. The molecule has 0 aliphatic heterocycles. The fourth-order valence-electron chi connectivity index (χ4n) is 2.17. The maximum Gasteiger partial charge on any atom is 0.226 e. The molecule has 100 valence electrons. The minimum absolute atomic E-state index is 0.0484. The molecule has 1 rings (SSSR count). The van der Waals surface area contributed by atoms with E-state index in [1.807, 2.05) is 13.8 Å². The van der Waals surface area contributed by atoms with E-state index < -0.39 is 5.41 Å². The number of amides is 1. The fourth-order valence-corrected chi connectivity index (χ4v) is 2.29. The van der Waals surface area contributed by atoms with Crippen LogP contribution >= 0.6 is 11.6 Å². The second kappa shape index (κ2) is 6.60. The summed E-state index contributed by atoms with van der Waals surface area (Å²) in [6.45, 7) is 5.38. The Morgan fingerprint density at radius 1 is 1.41 bits per heavy atom. The molecule has 0 heterocycles. The van der Waals surface area contributed by atoms with Crippen molar-refractivity contribution in [3.63, 3.8) is 0 Å². The molecule has 0 spiro atoms. The van der Waals surface area contributed by atoms with Crippen LogP contribution < -0.4 is 5.32 Å². The number of hydrogen-bond acceptors (Lipinski definition) is 2. The molecule has 0 aromatic carbocycles. The average molecular weight is 261 g/mol. The van der Waals surface area contributed by atoms with Crippen molar-refractivity contribution < 1.29 is 4.79 Å². The Bertz CT molecular complexity index is 250. The normalized spacial score (nSPS) is 17.7. The number of halogens is 1. The van der Waals surface area contributed by atoms with Gasteiger partial charge in [0.05, 0.1) is 5.41 Å². The van der Waals surface area contributed by atoms with Gasteiger partial charge in [-0.1, -0.05) is 12.8 Å². The quantitative estimate of drug-likeness (QED) is 0.743. The molecule has 1 aliphatic rings. The van der Waals surface area contributed by atoms with E-state index in [2.05, 4.69) is 17.3 Å². The number of carbonyl (C=O) groups is 1. The summed E-state index contributed by atoms with van der Waals surface area (Å²) in [5.41, 5.74) is -0.465. The number of carbonyl (C=O) groups excluding carboxylic acids is 1. The van der Waals surface area contributed by atoms with Gasteiger partial charge in [0.2, 0.25) is 5.91 Å². The van der Waals surface area contributed by atoms with E-state index in [4.69, 9.17) is 11.6 Å². The molecule has 0 aromatic rings. The third kappa shape index (κ3) is 4.47. The Kier molecular flexibility index (Phi) is 5.74. The van der Waals surface area contributed by atoms with Crippen molar-refractivity contribution in [2.45, 2.75) is 45.6 Å². The lowest BCUT2D eigenvalue weighted by atomic mass is 9.95. The van der Waals surface area contributed by atoms with Gasteiger partial charge in [-0.25, -0.2) is 0 Å². The van der Waals surface area contributed by atoms with Crippen LogP contribution in [0.25, 0.3) is 0 Å². The summed E-state index contributed by atoms with van der Waals surface area (Å²) >= 11 is 5.76. The van der Waals surface area contributed by atoms with Crippen molar-refractivity contribution in [1.82, 2.24) is 10.2 Å². The van der Waals surface area contributed by atoms with Crippen molar-refractivity contribution in [3.8, 4) is 0 Å². The molecule has 0 bridgehead atoms. The number of alkyl halides is 1. The van der Waals surface area contributed by atoms with Gasteiger partial charge in [0.15, 0.2) is 0 Å². The fraction of sp³-hybridized carbons (Fsp3) is 0.923. The minimum Gasteiger partial charge on any atom is -0.354 e. The molecule has 1 aliphatic carbocycles. The molecule has 17 heavy (non-hydrogen) atoms. The molecule has 0 atom stereocenters. The Labute approximate surface area is 110 Å². The third-order valence-corrected chi connectivity index (χ3v) is 4.32. The van der Waals surface area contributed by atoms with Gasteiger partial charge in [-0.15, -0.1) is 11.6 Å². The van der Waals surface area contributed by atoms with Gasteiger partial charge >= 0.3 is 0 Å². The van der Waals surface area contributed by atoms with Crippen LogP contribution in [-0.4, -0.2) is 42.9 Å². The molecule has 1 amide bonds. The van der Waals surface area contributed by atoms with Crippen LogP contribution in [0.5, 0.6) is 0 Å². The second-order valence-corrected chi connectivity index (χ2v) is 5.96. The van der Waals surface area contributed by atoms with Gasteiger partial charge in [-0.05, 0) is 33.7 Å². The Morgan fingerprint density at radius 2 is 2.00 bits per heavy atom. The first-order chi connectivity index (χ1) is 7.97. The van der Waals surface area contributed by atoms with E-state index in [0.29, 0.717) is 18.5 Å². The highest BCUT2D eigenvalue weighted by atomic mass is 35.5. The van der Waals surface area contributed by atoms with Crippen LogP contribution in [-0.2, 0) is 4.79 Å².